The highest BCUT2D eigenvalue weighted by Gasteiger charge is 2.23. The highest BCUT2D eigenvalue weighted by molar-refractivity contribution is 7.45. The third-order valence-corrected chi connectivity index (χ3v) is 12.1. The van der Waals surface area contributed by atoms with Gasteiger partial charge in [0, 0.05) is 6.42 Å². The molecule has 8 nitrogen and oxygen atoms in total. The smallest absolute Gasteiger partial charge is 0.268 e. The van der Waals surface area contributed by atoms with Gasteiger partial charge in [0.1, 0.15) is 13.2 Å². The molecule has 0 aromatic heterocycles. The monoisotopic (exact) mass is 841 g/mol. The summed E-state index contributed by atoms with van der Waals surface area (Å²) in [6, 6.07) is -0.882. The summed E-state index contributed by atoms with van der Waals surface area (Å²) in [4.78, 5) is 25.3. The molecule has 0 saturated carbocycles. The zero-order valence-corrected chi connectivity index (χ0v) is 39.9. The first-order chi connectivity index (χ1) is 28.0. The second-order valence-corrected chi connectivity index (χ2v) is 19.6. The van der Waals surface area contributed by atoms with Gasteiger partial charge < -0.3 is 28.8 Å². The van der Waals surface area contributed by atoms with Crippen LogP contribution in [-0.4, -0.2) is 68.5 Å². The largest absolute Gasteiger partial charge is 0.756 e. The number of phosphoric ester groups is 1. The van der Waals surface area contributed by atoms with Crippen LogP contribution in [0.5, 0.6) is 0 Å². The molecular formula is C49H97N2O6P. The van der Waals surface area contributed by atoms with Crippen LogP contribution in [0.15, 0.2) is 24.3 Å². The second-order valence-electron chi connectivity index (χ2n) is 18.2. The van der Waals surface area contributed by atoms with Gasteiger partial charge in [-0.15, -0.1) is 0 Å². The van der Waals surface area contributed by atoms with Gasteiger partial charge in [0.15, 0.2) is 0 Å². The van der Waals surface area contributed by atoms with Crippen LogP contribution in [0.4, 0.5) is 0 Å². The number of amides is 1. The summed E-state index contributed by atoms with van der Waals surface area (Å²) >= 11 is 0. The molecule has 3 unspecified atom stereocenters. The number of hydrogen-bond donors (Lipinski definition) is 2. The highest BCUT2D eigenvalue weighted by atomic mass is 31.2. The molecule has 0 spiro atoms. The maximum absolute atomic E-state index is 12.8. The fraction of sp³-hybridized carbons (Fsp3) is 0.898. The molecule has 0 aromatic rings. The van der Waals surface area contributed by atoms with Crippen LogP contribution >= 0.6 is 7.82 Å². The van der Waals surface area contributed by atoms with Crippen molar-refractivity contribution >= 4 is 13.7 Å². The van der Waals surface area contributed by atoms with Crippen molar-refractivity contribution in [1.82, 2.24) is 5.32 Å². The van der Waals surface area contributed by atoms with Crippen molar-refractivity contribution in [1.29, 1.82) is 0 Å². The standard InChI is InChI=1S/C49H97N2O6P/c1-6-8-10-12-14-16-17-18-19-20-21-22-23-24-25-26-27-28-29-30-31-32-33-35-37-39-41-43-49(53)50-47(46-57-58(54,55)56-45-44-51(3,4)5)48(52)42-40-38-36-34-15-13-11-9-7-2/h24-25,40,42,47-48,52H,6-23,26-39,41,43-46H2,1-5H3,(H-,50,53,54,55)/b25-24-,42-40+. The molecule has 9 heteroatoms. The van der Waals surface area contributed by atoms with E-state index >= 15 is 0 Å². The number of nitrogens with zero attached hydrogens (tertiary/aromatic N) is 1. The molecule has 0 aliphatic heterocycles. The number of phosphoric acid groups is 1. The van der Waals surface area contributed by atoms with Crippen LogP contribution in [-0.2, 0) is 18.4 Å². The van der Waals surface area contributed by atoms with Gasteiger partial charge in [0.2, 0.25) is 5.91 Å². The van der Waals surface area contributed by atoms with Crippen molar-refractivity contribution < 1.29 is 32.9 Å². The minimum atomic E-state index is -4.58. The predicted molar refractivity (Wildman–Crippen MR) is 247 cm³/mol. The van der Waals surface area contributed by atoms with Gasteiger partial charge in [-0.2, -0.15) is 0 Å². The number of likely N-dealkylation sites (N-methyl/N-ethyl adjacent to an activating group) is 1. The van der Waals surface area contributed by atoms with Gasteiger partial charge in [0.25, 0.3) is 7.82 Å². The second kappa shape index (κ2) is 41.3. The van der Waals surface area contributed by atoms with Gasteiger partial charge in [-0.25, -0.2) is 0 Å². The molecule has 0 aliphatic carbocycles. The summed E-state index contributed by atoms with van der Waals surface area (Å²) in [7, 11) is 1.26. The molecule has 0 heterocycles. The fourth-order valence-electron chi connectivity index (χ4n) is 7.21. The van der Waals surface area contributed by atoms with Crippen molar-refractivity contribution in [3.63, 3.8) is 0 Å². The van der Waals surface area contributed by atoms with E-state index in [9.17, 15) is 19.4 Å². The average molecular weight is 841 g/mol. The van der Waals surface area contributed by atoms with E-state index in [-0.39, 0.29) is 19.1 Å². The van der Waals surface area contributed by atoms with E-state index in [0.717, 1.165) is 38.5 Å². The molecule has 0 fully saturated rings. The van der Waals surface area contributed by atoms with E-state index in [0.29, 0.717) is 17.4 Å². The lowest BCUT2D eigenvalue weighted by Crippen LogP contribution is -2.45. The zero-order valence-electron chi connectivity index (χ0n) is 39.0. The number of aliphatic hydroxyl groups excluding tert-OH is 1. The first-order valence-corrected chi connectivity index (χ1v) is 26.2. The minimum Gasteiger partial charge on any atom is -0.756 e. The Bertz CT molecular complexity index is 1000. The zero-order chi connectivity index (χ0) is 42.8. The van der Waals surface area contributed by atoms with E-state index in [1.54, 1.807) is 6.08 Å². The molecular weight excluding hydrogens is 744 g/mol. The molecule has 1 amide bonds. The molecule has 0 rings (SSSR count). The predicted octanol–water partition coefficient (Wildman–Crippen LogP) is 13.5. The Morgan fingerprint density at radius 3 is 1.34 bits per heavy atom. The van der Waals surface area contributed by atoms with Crippen LogP contribution in [0.3, 0.4) is 0 Å². The molecule has 0 aliphatic rings. The number of rotatable bonds is 45. The quantitative estimate of drug-likeness (QED) is 0.0274. The van der Waals surface area contributed by atoms with E-state index in [4.69, 9.17) is 9.05 Å². The maximum atomic E-state index is 12.8. The highest BCUT2D eigenvalue weighted by Crippen LogP contribution is 2.38. The third kappa shape index (κ3) is 43.1. The van der Waals surface area contributed by atoms with Crippen molar-refractivity contribution in [2.75, 3.05) is 40.9 Å². The van der Waals surface area contributed by atoms with Crippen molar-refractivity contribution in [3.8, 4) is 0 Å². The summed E-state index contributed by atoms with van der Waals surface area (Å²) in [5.41, 5.74) is 0. The lowest BCUT2D eigenvalue weighted by Gasteiger charge is -2.29. The van der Waals surface area contributed by atoms with E-state index in [2.05, 4.69) is 31.3 Å². The van der Waals surface area contributed by atoms with Crippen molar-refractivity contribution in [3.05, 3.63) is 24.3 Å². The number of unbranched alkanes of at least 4 members (excludes halogenated alkanes) is 30. The number of allylic oxidation sites excluding steroid dienone is 3. The Balaban J connectivity index is 4.07. The Morgan fingerprint density at radius 1 is 0.586 bits per heavy atom. The van der Waals surface area contributed by atoms with E-state index in [1.165, 1.54) is 173 Å². The van der Waals surface area contributed by atoms with Gasteiger partial charge in [0.05, 0.1) is 39.9 Å². The van der Waals surface area contributed by atoms with Crippen molar-refractivity contribution in [2.45, 2.75) is 244 Å². The topological polar surface area (TPSA) is 108 Å². The van der Waals surface area contributed by atoms with Gasteiger partial charge in [-0.1, -0.05) is 205 Å². The molecule has 0 aromatic carbocycles. The number of hydrogen-bond acceptors (Lipinski definition) is 6. The minimum absolute atomic E-state index is 0.000157. The summed E-state index contributed by atoms with van der Waals surface area (Å²) < 4.78 is 23.2. The number of carbonyl (C=O) groups excluding carboxylic acids is 1. The lowest BCUT2D eigenvalue weighted by atomic mass is 10.0. The molecule has 3 atom stereocenters. The van der Waals surface area contributed by atoms with Crippen LogP contribution in [0, 0.1) is 0 Å². The van der Waals surface area contributed by atoms with E-state index in [1.807, 2.05) is 27.2 Å². The lowest BCUT2D eigenvalue weighted by molar-refractivity contribution is -0.870. The Labute approximate surface area is 360 Å². The van der Waals surface area contributed by atoms with Crippen LogP contribution in [0.1, 0.15) is 232 Å². The normalized spacial score (nSPS) is 14.4. The number of quaternary nitrogens is 1. The van der Waals surface area contributed by atoms with Crippen LogP contribution < -0.4 is 10.2 Å². The number of aliphatic hydroxyl groups is 1. The summed E-state index contributed by atoms with van der Waals surface area (Å²) in [5, 5.41) is 13.7. The average Bonchev–Trinajstić information content (AvgIpc) is 3.17. The Kier molecular flexibility index (Phi) is 40.6. The first-order valence-electron chi connectivity index (χ1n) is 24.7. The van der Waals surface area contributed by atoms with Crippen molar-refractivity contribution in [2.24, 2.45) is 0 Å². The van der Waals surface area contributed by atoms with E-state index < -0.39 is 20.0 Å². The molecule has 58 heavy (non-hydrogen) atoms. The molecule has 344 valence electrons. The number of carbonyl (C=O) groups is 1. The SMILES string of the molecule is CCCCCCCCC/C=C/C(O)C(COP(=O)([O-])OCC[N+](C)(C)C)NC(=O)CCCCCCCCCCCCC/C=C\CCCCCCCCCCCCCC. The first kappa shape index (κ1) is 57.0. The summed E-state index contributed by atoms with van der Waals surface area (Å²) in [5.74, 6) is -0.199. The summed E-state index contributed by atoms with van der Waals surface area (Å²) in [6.45, 7) is 4.63. The number of nitrogens with one attached hydrogen (secondary N) is 1. The molecule has 2 N–H and O–H groups in total. The molecule has 0 radical (unpaired) electrons. The van der Waals surface area contributed by atoms with Gasteiger partial charge in [-0.05, 0) is 44.9 Å². The Morgan fingerprint density at radius 2 is 0.948 bits per heavy atom. The third-order valence-electron chi connectivity index (χ3n) is 11.2. The Hall–Kier alpha value is -1.02. The summed E-state index contributed by atoms with van der Waals surface area (Å²) in [6.07, 6.45) is 49.7. The van der Waals surface area contributed by atoms with Gasteiger partial charge in [-0.3, -0.25) is 9.36 Å². The van der Waals surface area contributed by atoms with Gasteiger partial charge >= 0.3 is 0 Å². The molecule has 0 bridgehead atoms. The maximum Gasteiger partial charge on any atom is 0.268 e. The molecule has 0 saturated heterocycles. The van der Waals surface area contributed by atoms with Crippen LogP contribution in [0.2, 0.25) is 0 Å². The fourth-order valence-corrected chi connectivity index (χ4v) is 7.93. The van der Waals surface area contributed by atoms with Crippen LogP contribution in [0.25, 0.3) is 0 Å².